The average Bonchev–Trinajstić information content (AvgIpc) is 2.66. The van der Waals surface area contributed by atoms with Gasteiger partial charge in [0.15, 0.2) is 0 Å². The van der Waals surface area contributed by atoms with Crippen molar-refractivity contribution in [2.24, 2.45) is 5.92 Å². The predicted octanol–water partition coefficient (Wildman–Crippen LogP) is 3.54. The smallest absolute Gasteiger partial charge is 0.282 e. The lowest BCUT2D eigenvalue weighted by Gasteiger charge is -2.26. The van der Waals surface area contributed by atoms with Crippen LogP contribution in [0.1, 0.15) is 29.7 Å². The van der Waals surface area contributed by atoms with Crippen LogP contribution in [0, 0.1) is 12.8 Å². The van der Waals surface area contributed by atoms with Gasteiger partial charge in [0.2, 0.25) is 0 Å². The molecule has 1 N–H and O–H groups in total. The highest BCUT2D eigenvalue weighted by Gasteiger charge is 2.37. The highest BCUT2D eigenvalue weighted by atomic mass is 32.1. The molecule has 1 aliphatic heterocycles. The first-order valence-electron chi connectivity index (χ1n) is 5.73. The summed E-state index contributed by atoms with van der Waals surface area (Å²) in [6.45, 7) is 3.47. The number of alkyl halides is 2. The number of nitrogens with one attached hydrogen (secondary N) is 1. The lowest BCUT2D eigenvalue weighted by atomic mass is 9.92. The molecule has 0 saturated carbocycles. The molecular weight excluding hydrogens is 228 g/mol. The van der Waals surface area contributed by atoms with Crippen LogP contribution in [-0.4, -0.2) is 13.1 Å². The van der Waals surface area contributed by atoms with Gasteiger partial charge in [0.05, 0.1) is 4.88 Å². The van der Waals surface area contributed by atoms with Crippen molar-refractivity contribution in [3.8, 4) is 0 Å². The van der Waals surface area contributed by atoms with Crippen LogP contribution >= 0.6 is 11.3 Å². The molecule has 1 fully saturated rings. The van der Waals surface area contributed by atoms with E-state index < -0.39 is 5.92 Å². The van der Waals surface area contributed by atoms with Crippen LogP contribution in [0.3, 0.4) is 0 Å². The Balaban J connectivity index is 2.04. The highest BCUT2D eigenvalue weighted by molar-refractivity contribution is 7.10. The first-order valence-corrected chi connectivity index (χ1v) is 6.60. The van der Waals surface area contributed by atoms with Crippen LogP contribution in [0.4, 0.5) is 8.78 Å². The van der Waals surface area contributed by atoms with Gasteiger partial charge < -0.3 is 5.32 Å². The van der Waals surface area contributed by atoms with Gasteiger partial charge in [0.25, 0.3) is 5.92 Å². The zero-order chi connectivity index (χ0) is 11.6. The molecule has 1 saturated heterocycles. The zero-order valence-corrected chi connectivity index (χ0v) is 10.2. The maximum Gasteiger partial charge on any atom is 0.282 e. The van der Waals surface area contributed by atoms with Crippen molar-refractivity contribution in [1.82, 2.24) is 5.32 Å². The second kappa shape index (κ2) is 4.80. The Labute approximate surface area is 98.9 Å². The van der Waals surface area contributed by atoms with E-state index in [9.17, 15) is 8.78 Å². The largest absolute Gasteiger partial charge is 0.316 e. The Hall–Kier alpha value is -0.480. The molecule has 0 spiro atoms. The molecule has 0 aromatic carbocycles. The van der Waals surface area contributed by atoms with Crippen molar-refractivity contribution < 1.29 is 8.78 Å². The minimum Gasteiger partial charge on any atom is -0.316 e. The number of aryl methyl sites for hydroxylation is 1. The molecule has 1 aromatic rings. The zero-order valence-electron chi connectivity index (χ0n) is 9.43. The van der Waals surface area contributed by atoms with E-state index in [1.807, 2.05) is 0 Å². The summed E-state index contributed by atoms with van der Waals surface area (Å²) in [6.07, 6.45) is 1.93. The van der Waals surface area contributed by atoms with Crippen molar-refractivity contribution in [1.29, 1.82) is 0 Å². The fraction of sp³-hybridized carbons (Fsp3) is 0.667. The summed E-state index contributed by atoms with van der Waals surface area (Å²) in [5, 5.41) is 4.94. The standard InChI is InChI=1S/C12H17F2NS/c1-9-4-6-16-11(9)12(13,14)7-10-3-2-5-15-8-10/h4,6,10,15H,2-3,5,7-8H2,1H3. The molecule has 16 heavy (non-hydrogen) atoms. The molecule has 0 aliphatic carbocycles. The molecule has 1 atom stereocenters. The lowest BCUT2D eigenvalue weighted by Crippen LogP contribution is -2.33. The number of piperidine rings is 1. The van der Waals surface area contributed by atoms with Gasteiger partial charge in [-0.05, 0) is 55.8 Å². The highest BCUT2D eigenvalue weighted by Crippen LogP contribution is 2.40. The second-order valence-electron chi connectivity index (χ2n) is 4.55. The molecule has 2 heterocycles. The Bertz CT molecular complexity index is 343. The Morgan fingerprint density at radius 2 is 2.38 bits per heavy atom. The van der Waals surface area contributed by atoms with E-state index in [0.717, 1.165) is 31.5 Å². The first kappa shape index (κ1) is 12.0. The number of hydrogen-bond donors (Lipinski definition) is 1. The number of halogens is 2. The number of hydrogen-bond acceptors (Lipinski definition) is 2. The van der Waals surface area contributed by atoms with Gasteiger partial charge in [0, 0.05) is 6.42 Å². The van der Waals surface area contributed by atoms with Crippen LogP contribution in [0.25, 0.3) is 0 Å². The third kappa shape index (κ3) is 2.61. The normalized spacial score (nSPS) is 22.3. The quantitative estimate of drug-likeness (QED) is 0.859. The van der Waals surface area contributed by atoms with Gasteiger partial charge in [-0.3, -0.25) is 0 Å². The summed E-state index contributed by atoms with van der Waals surface area (Å²) in [5.74, 6) is -2.53. The van der Waals surface area contributed by atoms with E-state index in [-0.39, 0.29) is 17.2 Å². The average molecular weight is 245 g/mol. The van der Waals surface area contributed by atoms with Gasteiger partial charge >= 0.3 is 0 Å². The van der Waals surface area contributed by atoms with Crippen LogP contribution in [0.15, 0.2) is 11.4 Å². The van der Waals surface area contributed by atoms with Crippen molar-refractivity contribution in [3.05, 3.63) is 21.9 Å². The van der Waals surface area contributed by atoms with Crippen LogP contribution in [-0.2, 0) is 5.92 Å². The van der Waals surface area contributed by atoms with Gasteiger partial charge in [-0.25, -0.2) is 8.78 Å². The summed E-state index contributed by atoms with van der Waals surface area (Å²) in [5.41, 5.74) is 0.721. The molecule has 2 rings (SSSR count). The summed E-state index contributed by atoms with van der Waals surface area (Å²) < 4.78 is 28.0. The number of thiophene rings is 1. The molecule has 0 amide bonds. The van der Waals surface area contributed by atoms with Crippen molar-refractivity contribution in [2.45, 2.75) is 32.1 Å². The van der Waals surface area contributed by atoms with Gasteiger partial charge in [-0.2, -0.15) is 0 Å². The van der Waals surface area contributed by atoms with Crippen molar-refractivity contribution in [3.63, 3.8) is 0 Å². The van der Waals surface area contributed by atoms with Gasteiger partial charge in [-0.1, -0.05) is 0 Å². The minimum absolute atomic E-state index is 0.0125. The van der Waals surface area contributed by atoms with E-state index in [4.69, 9.17) is 0 Å². The van der Waals surface area contributed by atoms with Crippen LogP contribution in [0.5, 0.6) is 0 Å². The topological polar surface area (TPSA) is 12.0 Å². The third-order valence-electron chi connectivity index (χ3n) is 3.14. The molecule has 1 nitrogen and oxygen atoms in total. The fourth-order valence-electron chi connectivity index (χ4n) is 2.30. The van der Waals surface area contributed by atoms with Crippen LogP contribution in [0.2, 0.25) is 0 Å². The molecule has 1 aliphatic rings. The second-order valence-corrected chi connectivity index (χ2v) is 5.47. The molecular formula is C12H17F2NS. The summed E-state index contributed by atoms with van der Waals surface area (Å²) in [4.78, 5) is 0.248. The monoisotopic (exact) mass is 245 g/mol. The maximum atomic E-state index is 14.0. The molecule has 0 radical (unpaired) electrons. The van der Waals surface area contributed by atoms with E-state index in [1.165, 1.54) is 11.3 Å². The molecule has 90 valence electrons. The Kier molecular flexibility index (Phi) is 3.60. The van der Waals surface area contributed by atoms with Crippen molar-refractivity contribution >= 4 is 11.3 Å². The van der Waals surface area contributed by atoms with E-state index in [0.29, 0.717) is 0 Å². The SMILES string of the molecule is Cc1ccsc1C(F)(F)CC1CCCNC1. The van der Waals surface area contributed by atoms with Gasteiger partial charge in [-0.15, -0.1) is 11.3 Å². The molecule has 1 aromatic heterocycles. The third-order valence-corrected chi connectivity index (χ3v) is 4.27. The van der Waals surface area contributed by atoms with Crippen molar-refractivity contribution in [2.75, 3.05) is 13.1 Å². The molecule has 4 heteroatoms. The number of rotatable bonds is 3. The summed E-state index contributed by atoms with van der Waals surface area (Å²) in [7, 11) is 0. The minimum atomic E-state index is -2.65. The van der Waals surface area contributed by atoms with E-state index in [1.54, 1.807) is 18.4 Å². The maximum absolute atomic E-state index is 14.0. The predicted molar refractivity (Wildman–Crippen MR) is 63.2 cm³/mol. The van der Waals surface area contributed by atoms with Gasteiger partial charge in [0.1, 0.15) is 0 Å². The van der Waals surface area contributed by atoms with E-state index >= 15 is 0 Å². The van der Waals surface area contributed by atoms with E-state index in [2.05, 4.69) is 5.32 Å². The lowest BCUT2D eigenvalue weighted by molar-refractivity contribution is -0.0286. The fourth-order valence-corrected chi connectivity index (χ4v) is 3.22. The Morgan fingerprint density at radius 1 is 1.56 bits per heavy atom. The summed E-state index contributed by atoms with van der Waals surface area (Å²) in [6, 6.07) is 1.77. The Morgan fingerprint density at radius 3 is 2.94 bits per heavy atom. The summed E-state index contributed by atoms with van der Waals surface area (Å²) >= 11 is 1.17. The first-order chi connectivity index (χ1) is 7.59. The molecule has 0 bridgehead atoms. The van der Waals surface area contributed by atoms with Crippen LogP contribution < -0.4 is 5.32 Å². The molecule has 1 unspecified atom stereocenters.